The summed E-state index contributed by atoms with van der Waals surface area (Å²) in [5.41, 5.74) is 0.483. The van der Waals surface area contributed by atoms with Crippen molar-refractivity contribution in [3.63, 3.8) is 0 Å². The molecule has 0 aliphatic rings. The van der Waals surface area contributed by atoms with Crippen molar-refractivity contribution in [2.45, 2.75) is 13.3 Å². The molecule has 0 saturated carbocycles. The number of anilines is 1. The van der Waals surface area contributed by atoms with Crippen LogP contribution in [0.25, 0.3) is 0 Å². The van der Waals surface area contributed by atoms with Crippen LogP contribution in [0.4, 0.5) is 5.82 Å². The molecule has 0 aliphatic heterocycles. The quantitative estimate of drug-likeness (QED) is 0.806. The Bertz CT molecular complexity index is 412. The summed E-state index contributed by atoms with van der Waals surface area (Å²) in [5.74, 6) is -0.374. The highest BCUT2D eigenvalue weighted by Crippen LogP contribution is 2.12. The zero-order valence-electron chi connectivity index (χ0n) is 9.05. The molecule has 0 saturated heterocycles. The van der Waals surface area contributed by atoms with Crippen LogP contribution in [0.3, 0.4) is 0 Å². The van der Waals surface area contributed by atoms with Gasteiger partial charge in [0, 0.05) is 12.7 Å². The van der Waals surface area contributed by atoms with Gasteiger partial charge in [0.1, 0.15) is 12.4 Å². The molecule has 0 amide bonds. The molecule has 16 heavy (non-hydrogen) atoms. The van der Waals surface area contributed by atoms with E-state index in [1.165, 1.54) is 6.20 Å². The van der Waals surface area contributed by atoms with Crippen LogP contribution in [-0.2, 0) is 4.79 Å². The van der Waals surface area contributed by atoms with E-state index in [0.29, 0.717) is 17.9 Å². The summed E-state index contributed by atoms with van der Waals surface area (Å²) < 4.78 is 0. The van der Waals surface area contributed by atoms with Crippen LogP contribution in [0, 0.1) is 11.3 Å². The lowest BCUT2D eigenvalue weighted by Crippen LogP contribution is -2.31. The number of hydrogen-bond acceptors (Lipinski definition) is 4. The van der Waals surface area contributed by atoms with Gasteiger partial charge in [-0.25, -0.2) is 4.98 Å². The zero-order valence-corrected chi connectivity index (χ0v) is 9.05. The third kappa shape index (κ3) is 3.24. The second-order valence-electron chi connectivity index (χ2n) is 3.33. The molecule has 0 spiro atoms. The summed E-state index contributed by atoms with van der Waals surface area (Å²) in [5, 5.41) is 17.5. The molecule has 5 nitrogen and oxygen atoms in total. The van der Waals surface area contributed by atoms with Gasteiger partial charge in [0.2, 0.25) is 0 Å². The second kappa shape index (κ2) is 5.71. The molecule has 1 heterocycles. The van der Waals surface area contributed by atoms with E-state index >= 15 is 0 Å². The molecular weight excluding hydrogens is 206 g/mol. The Balaban J connectivity index is 2.91. The van der Waals surface area contributed by atoms with Gasteiger partial charge in [-0.05, 0) is 18.6 Å². The van der Waals surface area contributed by atoms with Gasteiger partial charge < -0.3 is 10.0 Å². The fourth-order valence-electron chi connectivity index (χ4n) is 1.37. The molecule has 0 aromatic carbocycles. The van der Waals surface area contributed by atoms with Crippen molar-refractivity contribution in [2.24, 2.45) is 0 Å². The molecule has 0 fully saturated rings. The van der Waals surface area contributed by atoms with Crippen LogP contribution in [0.1, 0.15) is 18.9 Å². The monoisotopic (exact) mass is 219 g/mol. The van der Waals surface area contributed by atoms with E-state index < -0.39 is 5.97 Å². The van der Waals surface area contributed by atoms with E-state index in [-0.39, 0.29) is 6.54 Å². The van der Waals surface area contributed by atoms with Crippen molar-refractivity contribution in [3.05, 3.63) is 23.9 Å². The van der Waals surface area contributed by atoms with Crippen molar-refractivity contribution < 1.29 is 9.90 Å². The lowest BCUT2D eigenvalue weighted by atomic mass is 10.2. The van der Waals surface area contributed by atoms with Crippen LogP contribution >= 0.6 is 0 Å². The molecule has 1 N–H and O–H groups in total. The van der Waals surface area contributed by atoms with Crippen molar-refractivity contribution in [1.82, 2.24) is 4.98 Å². The van der Waals surface area contributed by atoms with E-state index in [0.717, 1.165) is 6.42 Å². The SMILES string of the molecule is CCCN(CC(=O)O)c1cc(C#N)ccn1. The van der Waals surface area contributed by atoms with E-state index in [9.17, 15) is 4.79 Å². The zero-order chi connectivity index (χ0) is 12.0. The van der Waals surface area contributed by atoms with Gasteiger partial charge in [0.05, 0.1) is 11.6 Å². The summed E-state index contributed by atoms with van der Waals surface area (Å²) in [6.07, 6.45) is 2.34. The van der Waals surface area contributed by atoms with Crippen molar-refractivity contribution in [3.8, 4) is 6.07 Å². The van der Waals surface area contributed by atoms with E-state index in [1.807, 2.05) is 13.0 Å². The molecule has 1 aromatic rings. The number of nitriles is 1. The number of carboxylic acids is 1. The number of nitrogens with zero attached hydrogens (tertiary/aromatic N) is 3. The van der Waals surface area contributed by atoms with Gasteiger partial charge >= 0.3 is 5.97 Å². The summed E-state index contributed by atoms with van der Waals surface area (Å²) in [6.45, 7) is 2.47. The Kier molecular flexibility index (Phi) is 4.28. The molecule has 0 unspecified atom stereocenters. The van der Waals surface area contributed by atoms with Crippen LogP contribution < -0.4 is 4.90 Å². The number of aromatic nitrogens is 1. The van der Waals surface area contributed by atoms with Gasteiger partial charge in [0.25, 0.3) is 0 Å². The smallest absolute Gasteiger partial charge is 0.323 e. The molecule has 84 valence electrons. The number of carboxylic acid groups (broad SMARTS) is 1. The maximum atomic E-state index is 10.7. The third-order valence-electron chi connectivity index (χ3n) is 2.02. The molecule has 0 aliphatic carbocycles. The maximum absolute atomic E-state index is 10.7. The Morgan fingerprint density at radius 1 is 1.69 bits per heavy atom. The van der Waals surface area contributed by atoms with Crippen molar-refractivity contribution in [1.29, 1.82) is 5.26 Å². The summed E-state index contributed by atoms with van der Waals surface area (Å²) in [6, 6.07) is 5.19. The van der Waals surface area contributed by atoms with Crippen LogP contribution in [-0.4, -0.2) is 29.1 Å². The van der Waals surface area contributed by atoms with Gasteiger partial charge in [-0.15, -0.1) is 0 Å². The largest absolute Gasteiger partial charge is 0.480 e. The topological polar surface area (TPSA) is 77.2 Å². The van der Waals surface area contributed by atoms with Crippen molar-refractivity contribution >= 4 is 11.8 Å². The second-order valence-corrected chi connectivity index (χ2v) is 3.33. The highest BCUT2D eigenvalue weighted by Gasteiger charge is 2.11. The van der Waals surface area contributed by atoms with E-state index in [1.54, 1.807) is 17.0 Å². The number of hydrogen-bond donors (Lipinski definition) is 1. The van der Waals surface area contributed by atoms with Gasteiger partial charge in [-0.2, -0.15) is 5.26 Å². The first kappa shape index (κ1) is 12.0. The average molecular weight is 219 g/mol. The minimum absolute atomic E-state index is 0.101. The lowest BCUT2D eigenvalue weighted by molar-refractivity contribution is -0.135. The molecule has 0 radical (unpaired) electrons. The Morgan fingerprint density at radius 2 is 2.44 bits per heavy atom. The normalized spacial score (nSPS) is 9.50. The highest BCUT2D eigenvalue weighted by molar-refractivity contribution is 5.73. The maximum Gasteiger partial charge on any atom is 0.323 e. The predicted octanol–water partition coefficient (Wildman–Crippen LogP) is 1.25. The van der Waals surface area contributed by atoms with Gasteiger partial charge in [0.15, 0.2) is 0 Å². The minimum Gasteiger partial charge on any atom is -0.480 e. The highest BCUT2D eigenvalue weighted by atomic mass is 16.4. The first-order valence-electron chi connectivity index (χ1n) is 5.00. The minimum atomic E-state index is -0.905. The van der Waals surface area contributed by atoms with Crippen LogP contribution in [0.15, 0.2) is 18.3 Å². The molecular formula is C11H13N3O2. The number of carbonyl (C=O) groups is 1. The first-order valence-corrected chi connectivity index (χ1v) is 5.00. The predicted molar refractivity (Wildman–Crippen MR) is 59.1 cm³/mol. The average Bonchev–Trinajstić information content (AvgIpc) is 2.28. The Hall–Kier alpha value is -2.09. The molecule has 1 rings (SSSR count). The standard InChI is InChI=1S/C11H13N3O2/c1-2-5-14(8-11(15)16)10-6-9(7-12)3-4-13-10/h3-4,6H,2,5,8H2,1H3,(H,15,16). The summed E-state index contributed by atoms with van der Waals surface area (Å²) in [4.78, 5) is 16.4. The third-order valence-corrected chi connectivity index (χ3v) is 2.02. The van der Waals surface area contributed by atoms with Gasteiger partial charge in [-0.3, -0.25) is 4.79 Å². The molecule has 5 heteroatoms. The summed E-state index contributed by atoms with van der Waals surface area (Å²) >= 11 is 0. The Morgan fingerprint density at radius 3 is 3.00 bits per heavy atom. The van der Waals surface area contributed by atoms with Gasteiger partial charge in [-0.1, -0.05) is 6.92 Å². The molecule has 0 atom stereocenters. The fourth-order valence-corrected chi connectivity index (χ4v) is 1.37. The van der Waals surface area contributed by atoms with E-state index in [2.05, 4.69) is 4.98 Å². The fraction of sp³-hybridized carbons (Fsp3) is 0.364. The van der Waals surface area contributed by atoms with Crippen LogP contribution in [0.2, 0.25) is 0 Å². The van der Waals surface area contributed by atoms with E-state index in [4.69, 9.17) is 10.4 Å². The number of pyridine rings is 1. The number of aliphatic carboxylic acids is 1. The van der Waals surface area contributed by atoms with Crippen molar-refractivity contribution in [2.75, 3.05) is 18.0 Å². The Labute approximate surface area is 93.9 Å². The lowest BCUT2D eigenvalue weighted by Gasteiger charge is -2.20. The molecule has 1 aromatic heterocycles. The first-order chi connectivity index (χ1) is 7.67. The van der Waals surface area contributed by atoms with Crippen LogP contribution in [0.5, 0.6) is 0 Å². The number of rotatable bonds is 5. The molecule has 0 bridgehead atoms. The summed E-state index contributed by atoms with van der Waals surface area (Å²) in [7, 11) is 0.